The molecular weight excluding hydrogens is 252 g/mol. The van der Waals surface area contributed by atoms with Gasteiger partial charge >= 0.3 is 0 Å². The summed E-state index contributed by atoms with van der Waals surface area (Å²) in [6.45, 7) is 6.34. The molecule has 2 atom stereocenters. The predicted molar refractivity (Wildman–Crippen MR) is 81.2 cm³/mol. The highest BCUT2D eigenvalue weighted by Crippen LogP contribution is 2.14. The van der Waals surface area contributed by atoms with Crippen LogP contribution in [0, 0.1) is 0 Å². The van der Waals surface area contributed by atoms with Crippen molar-refractivity contribution in [2.75, 3.05) is 33.7 Å². The van der Waals surface area contributed by atoms with Gasteiger partial charge in [0.05, 0.1) is 6.20 Å². The average molecular weight is 280 g/mol. The van der Waals surface area contributed by atoms with E-state index in [2.05, 4.69) is 47.5 Å². The highest BCUT2D eigenvalue weighted by molar-refractivity contribution is 5.08. The first-order valence-corrected chi connectivity index (χ1v) is 7.50. The van der Waals surface area contributed by atoms with Gasteiger partial charge in [0, 0.05) is 31.4 Å². The summed E-state index contributed by atoms with van der Waals surface area (Å²) in [5.41, 5.74) is 4.27. The van der Waals surface area contributed by atoms with Gasteiger partial charge < -0.3 is 9.80 Å². The molecule has 0 amide bonds. The largest absolute Gasteiger partial charge is 0.305 e. The fraction of sp³-hybridized carbons (Fsp3) is 0.786. The highest BCUT2D eigenvalue weighted by atomic mass is 15.3. The summed E-state index contributed by atoms with van der Waals surface area (Å²) in [6.07, 6.45) is 6.20. The van der Waals surface area contributed by atoms with Gasteiger partial charge in [0.1, 0.15) is 0 Å². The molecular formula is C14H28N6. The van der Waals surface area contributed by atoms with E-state index in [9.17, 15) is 0 Å². The molecule has 1 saturated heterocycles. The summed E-state index contributed by atoms with van der Waals surface area (Å²) in [5, 5.41) is 4.34. The molecule has 6 heteroatoms. The lowest BCUT2D eigenvalue weighted by molar-refractivity contribution is 0.177. The van der Waals surface area contributed by atoms with Crippen LogP contribution in [0.2, 0.25) is 0 Å². The quantitative estimate of drug-likeness (QED) is 0.583. The van der Waals surface area contributed by atoms with Crippen molar-refractivity contribution in [1.29, 1.82) is 0 Å². The topological polar surface area (TPSA) is 62.4 Å². The van der Waals surface area contributed by atoms with Gasteiger partial charge in [0.2, 0.25) is 0 Å². The molecule has 1 fully saturated rings. The van der Waals surface area contributed by atoms with E-state index in [1.165, 1.54) is 12.0 Å². The summed E-state index contributed by atoms with van der Waals surface area (Å²) in [6, 6.07) is 0.674. The SMILES string of the molecule is CCn1cc(CC(NN)C2CN(C)CCCN2C)cn1. The van der Waals surface area contributed by atoms with Crippen LogP contribution in [0.5, 0.6) is 0 Å². The number of nitrogens with one attached hydrogen (secondary N) is 1. The summed E-state index contributed by atoms with van der Waals surface area (Å²) >= 11 is 0. The van der Waals surface area contributed by atoms with Crippen molar-refractivity contribution < 1.29 is 0 Å². The molecule has 2 unspecified atom stereocenters. The lowest BCUT2D eigenvalue weighted by Crippen LogP contribution is -2.55. The van der Waals surface area contributed by atoms with E-state index in [0.717, 1.165) is 32.6 Å². The molecule has 0 spiro atoms. The minimum Gasteiger partial charge on any atom is -0.305 e. The molecule has 6 nitrogen and oxygen atoms in total. The van der Waals surface area contributed by atoms with Crippen LogP contribution in [0.3, 0.4) is 0 Å². The molecule has 20 heavy (non-hydrogen) atoms. The van der Waals surface area contributed by atoms with Crippen LogP contribution in [0.1, 0.15) is 18.9 Å². The van der Waals surface area contributed by atoms with Crippen LogP contribution in [0.25, 0.3) is 0 Å². The number of hydrogen-bond donors (Lipinski definition) is 2. The Balaban J connectivity index is 2.05. The van der Waals surface area contributed by atoms with E-state index in [4.69, 9.17) is 5.84 Å². The van der Waals surface area contributed by atoms with Crippen molar-refractivity contribution in [2.45, 2.75) is 38.4 Å². The lowest BCUT2D eigenvalue weighted by atomic mass is 10.0. The smallest absolute Gasteiger partial charge is 0.0522 e. The molecule has 0 aliphatic carbocycles. The van der Waals surface area contributed by atoms with Crippen molar-refractivity contribution in [2.24, 2.45) is 5.84 Å². The van der Waals surface area contributed by atoms with E-state index >= 15 is 0 Å². The van der Waals surface area contributed by atoms with Crippen LogP contribution in [-0.2, 0) is 13.0 Å². The van der Waals surface area contributed by atoms with E-state index in [1.807, 2.05) is 10.9 Å². The third kappa shape index (κ3) is 3.79. The Morgan fingerprint density at radius 1 is 1.45 bits per heavy atom. The second kappa shape index (κ2) is 7.17. The molecule has 1 aromatic heterocycles. The molecule has 114 valence electrons. The number of hydrogen-bond acceptors (Lipinski definition) is 5. The fourth-order valence-electron chi connectivity index (χ4n) is 2.98. The molecule has 2 rings (SSSR count). The summed E-state index contributed by atoms with van der Waals surface area (Å²) in [7, 11) is 4.39. The first-order chi connectivity index (χ1) is 9.63. The van der Waals surface area contributed by atoms with Crippen LogP contribution in [0.15, 0.2) is 12.4 Å². The minimum absolute atomic E-state index is 0.245. The van der Waals surface area contributed by atoms with Gasteiger partial charge in [-0.15, -0.1) is 0 Å². The van der Waals surface area contributed by atoms with Gasteiger partial charge in [-0.3, -0.25) is 16.0 Å². The van der Waals surface area contributed by atoms with Crippen molar-refractivity contribution in [3.8, 4) is 0 Å². The van der Waals surface area contributed by atoms with E-state index < -0.39 is 0 Å². The Bertz CT molecular complexity index is 404. The van der Waals surface area contributed by atoms with Crippen LogP contribution in [0.4, 0.5) is 0 Å². The molecule has 0 radical (unpaired) electrons. The summed E-state index contributed by atoms with van der Waals surface area (Å²) in [5.74, 6) is 5.83. The number of nitrogens with two attached hydrogens (primary N) is 1. The standard InChI is InChI=1S/C14H28N6/c1-4-20-10-12(9-16-20)8-13(17-15)14-11-18(2)6-5-7-19(14)3/h9-10,13-14,17H,4-8,11,15H2,1-3H3. The maximum Gasteiger partial charge on any atom is 0.0522 e. The average Bonchev–Trinajstić information content (AvgIpc) is 2.83. The fourth-order valence-corrected chi connectivity index (χ4v) is 2.98. The number of rotatable bonds is 5. The van der Waals surface area contributed by atoms with E-state index in [0.29, 0.717) is 6.04 Å². The Labute approximate surface area is 121 Å². The van der Waals surface area contributed by atoms with Crippen molar-refractivity contribution in [3.05, 3.63) is 18.0 Å². The van der Waals surface area contributed by atoms with E-state index in [1.54, 1.807) is 0 Å². The van der Waals surface area contributed by atoms with Gasteiger partial charge in [-0.05, 0) is 52.5 Å². The van der Waals surface area contributed by atoms with E-state index in [-0.39, 0.29) is 6.04 Å². The molecule has 1 aliphatic heterocycles. The number of nitrogens with zero attached hydrogens (tertiary/aromatic N) is 4. The lowest BCUT2D eigenvalue weighted by Gasteiger charge is -2.34. The molecule has 0 bridgehead atoms. The minimum atomic E-state index is 0.245. The summed E-state index contributed by atoms with van der Waals surface area (Å²) < 4.78 is 1.96. The summed E-state index contributed by atoms with van der Waals surface area (Å²) in [4.78, 5) is 4.83. The molecule has 1 aromatic rings. The van der Waals surface area contributed by atoms with Crippen LogP contribution in [-0.4, -0.2) is 65.4 Å². The van der Waals surface area contributed by atoms with Gasteiger partial charge in [-0.2, -0.15) is 5.10 Å². The first-order valence-electron chi connectivity index (χ1n) is 7.50. The van der Waals surface area contributed by atoms with Gasteiger partial charge in [-0.1, -0.05) is 0 Å². The molecule has 2 heterocycles. The number of aromatic nitrogens is 2. The second-order valence-electron chi connectivity index (χ2n) is 5.85. The second-order valence-corrected chi connectivity index (χ2v) is 5.85. The first kappa shape index (κ1) is 15.4. The molecule has 0 aromatic carbocycles. The molecule has 3 N–H and O–H groups in total. The zero-order valence-corrected chi connectivity index (χ0v) is 12.9. The van der Waals surface area contributed by atoms with Crippen LogP contribution >= 0.6 is 0 Å². The third-order valence-electron chi connectivity index (χ3n) is 4.26. The van der Waals surface area contributed by atoms with Crippen LogP contribution < -0.4 is 11.3 Å². The Morgan fingerprint density at radius 3 is 2.90 bits per heavy atom. The number of aryl methyl sites for hydroxylation is 1. The van der Waals surface area contributed by atoms with Crippen molar-refractivity contribution in [3.63, 3.8) is 0 Å². The monoisotopic (exact) mass is 280 g/mol. The zero-order valence-electron chi connectivity index (χ0n) is 12.9. The molecule has 1 aliphatic rings. The zero-order chi connectivity index (χ0) is 14.5. The Morgan fingerprint density at radius 2 is 2.25 bits per heavy atom. The normalized spacial score (nSPS) is 23.7. The maximum atomic E-state index is 5.83. The van der Waals surface area contributed by atoms with Crippen molar-refractivity contribution in [1.82, 2.24) is 25.0 Å². The molecule has 0 saturated carbocycles. The van der Waals surface area contributed by atoms with Gasteiger partial charge in [0.25, 0.3) is 0 Å². The van der Waals surface area contributed by atoms with Crippen molar-refractivity contribution >= 4 is 0 Å². The Hall–Kier alpha value is -0.950. The van der Waals surface area contributed by atoms with Gasteiger partial charge in [-0.25, -0.2) is 0 Å². The Kier molecular flexibility index (Phi) is 5.54. The predicted octanol–water partition coefficient (Wildman–Crippen LogP) is -0.0867. The number of hydrazine groups is 1. The maximum absolute atomic E-state index is 5.83. The number of likely N-dealkylation sites (N-methyl/N-ethyl adjacent to an activating group) is 2. The third-order valence-corrected chi connectivity index (χ3v) is 4.26. The van der Waals surface area contributed by atoms with Gasteiger partial charge in [0.15, 0.2) is 0 Å². The highest BCUT2D eigenvalue weighted by Gasteiger charge is 2.28.